The van der Waals surface area contributed by atoms with Crippen molar-refractivity contribution in [1.82, 2.24) is 9.80 Å². The first kappa shape index (κ1) is 32.3. The zero-order chi connectivity index (χ0) is 22.1. The van der Waals surface area contributed by atoms with Crippen LogP contribution in [0.5, 0.6) is 0 Å². The van der Waals surface area contributed by atoms with E-state index in [4.69, 9.17) is 30.6 Å². The molecule has 0 amide bonds. The van der Waals surface area contributed by atoms with Crippen molar-refractivity contribution in [2.24, 2.45) is 0 Å². The van der Waals surface area contributed by atoms with E-state index in [-0.39, 0.29) is 49.3 Å². The maximum absolute atomic E-state index is 11.6. The molecule has 14 heteroatoms. The molecule has 0 aliphatic rings. The first-order chi connectivity index (χ1) is 13.0. The monoisotopic (exact) mass is 436 g/mol. The van der Waals surface area contributed by atoms with Crippen LogP contribution >= 0.6 is 0 Å². The summed E-state index contributed by atoms with van der Waals surface area (Å²) in [5.74, 6) is -4.59. The minimum atomic E-state index is -1.25. The van der Waals surface area contributed by atoms with Crippen molar-refractivity contribution in [3.05, 3.63) is 0 Å². The molecule has 0 aromatic rings. The van der Waals surface area contributed by atoms with E-state index >= 15 is 0 Å². The first-order valence-corrected chi connectivity index (χ1v) is 8.21. The molecule has 13 nitrogen and oxygen atoms in total. The van der Waals surface area contributed by atoms with Gasteiger partial charge in [0.25, 0.3) is 0 Å². The Hall–Kier alpha value is -1.32. The summed E-state index contributed by atoms with van der Waals surface area (Å²) >= 11 is 0. The van der Waals surface area contributed by atoms with Crippen molar-refractivity contribution in [2.75, 3.05) is 59.1 Å². The predicted octanol–water partition coefficient (Wildman–Crippen LogP) is -3.91. The van der Waals surface area contributed by atoms with Gasteiger partial charge in [0.15, 0.2) is 0 Å². The predicted molar refractivity (Wildman–Crippen MR) is 99.7 cm³/mol. The molecule has 29 heavy (non-hydrogen) atoms. The third-order valence-corrected chi connectivity index (χ3v) is 2.81. The van der Waals surface area contributed by atoms with Crippen molar-refractivity contribution in [2.45, 2.75) is 13.0 Å². The summed E-state index contributed by atoms with van der Waals surface area (Å²) < 4.78 is 4.66. The molecule has 0 fully saturated rings. The van der Waals surface area contributed by atoms with Crippen LogP contribution in [-0.2, 0) is 23.9 Å². The molecule has 6 N–H and O–H groups in total. The molecule has 0 aromatic heterocycles. The minimum absolute atomic E-state index is 0. The molecule has 0 saturated carbocycles. The van der Waals surface area contributed by atoms with Crippen molar-refractivity contribution >= 4 is 53.4 Å². The van der Waals surface area contributed by atoms with Gasteiger partial charge >= 0.3 is 53.4 Å². The second-order valence-corrected chi connectivity index (χ2v) is 5.44. The van der Waals surface area contributed by atoms with Crippen LogP contribution in [0.4, 0.5) is 0 Å². The number of carbonyl (C=O) groups is 4. The number of nitrogens with zero attached hydrogens (tertiary/aromatic N) is 2. The van der Waals surface area contributed by atoms with Gasteiger partial charge in [0.2, 0.25) is 0 Å². The average molecular weight is 436 g/mol. The van der Waals surface area contributed by atoms with Gasteiger partial charge in [0.05, 0.1) is 32.8 Å². The van der Waals surface area contributed by atoms with Gasteiger partial charge in [0.1, 0.15) is 12.7 Å². The van der Waals surface area contributed by atoms with Gasteiger partial charge in [-0.3, -0.25) is 29.0 Å². The normalized spacial score (nSPS) is 11.1. The Kier molecular flexibility index (Phi) is 22.3. The average Bonchev–Trinajstić information content (AvgIpc) is 2.56. The summed E-state index contributed by atoms with van der Waals surface area (Å²) in [7, 11) is 0. The van der Waals surface area contributed by atoms with E-state index in [1.165, 1.54) is 0 Å². The van der Waals surface area contributed by atoms with E-state index < -0.39 is 69.4 Å². The number of aliphatic hydroxyl groups is 3. The summed E-state index contributed by atoms with van der Waals surface area (Å²) in [5, 5.41) is 51.6. The molecule has 1 atom stereocenters. The molecule has 0 bridgehead atoms. The van der Waals surface area contributed by atoms with Crippen molar-refractivity contribution in [3.63, 3.8) is 0 Å². The van der Waals surface area contributed by atoms with E-state index in [2.05, 4.69) is 4.74 Å². The fraction of sp³-hybridized carbons (Fsp3) is 0.733. The second kappa shape index (κ2) is 20.0. The molecule has 0 heterocycles. The van der Waals surface area contributed by atoms with Crippen LogP contribution in [0.1, 0.15) is 6.92 Å². The number of aliphatic carboxylic acids is 3. The number of carboxylic acids is 3. The van der Waals surface area contributed by atoms with Gasteiger partial charge in [0, 0.05) is 19.7 Å². The van der Waals surface area contributed by atoms with Crippen LogP contribution in [0.25, 0.3) is 0 Å². The summed E-state index contributed by atoms with van der Waals surface area (Å²) in [6, 6.07) is 0. The molecule has 166 valence electrons. The van der Waals surface area contributed by atoms with Gasteiger partial charge in [-0.05, 0) is 6.92 Å². The Morgan fingerprint density at radius 1 is 0.828 bits per heavy atom. The van der Waals surface area contributed by atoms with Gasteiger partial charge in [-0.15, -0.1) is 0 Å². The number of carboxylic acid groups (broad SMARTS) is 3. The van der Waals surface area contributed by atoms with Crippen LogP contribution < -0.4 is 0 Å². The molecular weight excluding hydrogens is 407 g/mol. The molecule has 0 aliphatic heterocycles. The Balaban J connectivity index is -0.00000158. The Bertz CT molecular complexity index is 477. The molecule has 0 spiro atoms. The number of aliphatic hydroxyl groups excluding tert-OH is 3. The fourth-order valence-corrected chi connectivity index (χ4v) is 1.75. The number of esters is 1. The summed E-state index contributed by atoms with van der Waals surface area (Å²) in [5.41, 5.74) is 0. The molecule has 1 unspecified atom stereocenters. The summed E-state index contributed by atoms with van der Waals surface area (Å²) in [6.07, 6.45) is -1.25. The van der Waals surface area contributed by atoms with Crippen molar-refractivity contribution < 1.29 is 54.6 Å². The van der Waals surface area contributed by atoms with Gasteiger partial charge < -0.3 is 35.4 Å². The van der Waals surface area contributed by atoms with Gasteiger partial charge in [-0.1, -0.05) is 0 Å². The third kappa shape index (κ3) is 22.8. The van der Waals surface area contributed by atoms with Crippen LogP contribution in [-0.4, -0.2) is 159 Å². The molecule has 0 saturated heterocycles. The molecule has 0 radical (unpaired) electrons. The zero-order valence-corrected chi connectivity index (χ0v) is 15.6. The number of rotatable bonds is 14. The fourth-order valence-electron chi connectivity index (χ4n) is 1.75. The topological polar surface area (TPSA) is 205 Å². The third-order valence-electron chi connectivity index (χ3n) is 2.81. The molecule has 0 rings (SSSR count). The molecule has 0 aromatic carbocycles. The zero-order valence-electron chi connectivity index (χ0n) is 15.6. The first-order valence-electron chi connectivity index (χ1n) is 8.21. The van der Waals surface area contributed by atoms with Crippen LogP contribution in [0.2, 0.25) is 0 Å². The van der Waals surface area contributed by atoms with E-state index in [1.54, 1.807) is 6.92 Å². The summed E-state index contributed by atoms with van der Waals surface area (Å²) in [4.78, 5) is 46.1. The second-order valence-electron chi connectivity index (χ2n) is 5.44. The van der Waals surface area contributed by atoms with Crippen molar-refractivity contribution in [3.8, 4) is 0 Å². The summed E-state index contributed by atoms with van der Waals surface area (Å²) in [6.45, 7) is -1.44. The standard InChI is InChI=1S/C13H22N2O10.C2H6O.Na.H/c16-7-9(17)8-25-13(24)6-15(5-12(22)23)2-1-14(3-10(18)19)4-11(20)21;1-2-3;;/h9,16-17H,1-8H2,(H,18,19)(H,20,21)(H,22,23);3H,2H2,1H3;;. The van der Waals surface area contributed by atoms with Gasteiger partial charge in [-0.2, -0.15) is 0 Å². The molecule has 0 aliphatic carbocycles. The number of carbonyl (C=O) groups excluding carboxylic acids is 1. The van der Waals surface area contributed by atoms with Crippen LogP contribution in [0.15, 0.2) is 0 Å². The van der Waals surface area contributed by atoms with Crippen molar-refractivity contribution in [1.29, 1.82) is 0 Å². The van der Waals surface area contributed by atoms with Crippen LogP contribution in [0.3, 0.4) is 0 Å². The Morgan fingerprint density at radius 3 is 1.48 bits per heavy atom. The van der Waals surface area contributed by atoms with E-state index in [1.807, 2.05) is 0 Å². The van der Waals surface area contributed by atoms with Gasteiger partial charge in [-0.25, -0.2) is 0 Å². The van der Waals surface area contributed by atoms with E-state index in [9.17, 15) is 19.2 Å². The Labute approximate surface area is 189 Å². The van der Waals surface area contributed by atoms with E-state index in [0.717, 1.165) is 9.80 Å². The maximum atomic E-state index is 11.6. The SMILES string of the molecule is CCO.O=C(O)CN(CCN(CC(=O)O)CC(=O)OCC(O)CO)CC(=O)O.[NaH]. The van der Waals surface area contributed by atoms with E-state index in [0.29, 0.717) is 0 Å². The number of ether oxygens (including phenoxy) is 1. The van der Waals surface area contributed by atoms with Crippen LogP contribution in [0, 0.1) is 0 Å². The number of hydrogen-bond acceptors (Lipinski definition) is 10. The quantitative estimate of drug-likeness (QED) is 0.114. The Morgan fingerprint density at radius 2 is 1.17 bits per heavy atom. The number of hydrogen-bond donors (Lipinski definition) is 6. The molecular formula is C15H29N2NaO11.